The van der Waals surface area contributed by atoms with Gasteiger partial charge in [0.2, 0.25) is 5.91 Å². The maximum atomic E-state index is 10.1. The molecule has 0 unspecified atom stereocenters. The van der Waals surface area contributed by atoms with Gasteiger partial charge in [0.25, 0.3) is 0 Å². The van der Waals surface area contributed by atoms with Gasteiger partial charge in [-0.1, -0.05) is 6.08 Å². The van der Waals surface area contributed by atoms with Gasteiger partial charge in [-0.25, -0.2) is 9.59 Å². The Morgan fingerprint density at radius 3 is 2.00 bits per heavy atom. The van der Waals surface area contributed by atoms with E-state index >= 15 is 0 Å². The Kier molecular flexibility index (Phi) is 10.6. The molecule has 0 fully saturated rings. The lowest BCUT2D eigenvalue weighted by Gasteiger charge is -1.95. The first kappa shape index (κ1) is 15.6. The fourth-order valence-electron chi connectivity index (χ4n) is 0.416. The molecule has 0 saturated carbocycles. The molecule has 86 valence electrons. The van der Waals surface area contributed by atoms with E-state index in [1.807, 2.05) is 0 Å². The number of rotatable bonds is 5. The quantitative estimate of drug-likeness (QED) is 0.260. The van der Waals surface area contributed by atoms with E-state index in [0.29, 0.717) is 13.0 Å². The predicted molar refractivity (Wildman–Crippen MR) is 52.1 cm³/mol. The van der Waals surface area contributed by atoms with Crippen LogP contribution in [0.3, 0.4) is 0 Å². The van der Waals surface area contributed by atoms with Crippen LogP contribution in [0, 0.1) is 0 Å². The molecule has 5 N–H and O–H groups in total. The van der Waals surface area contributed by atoms with Crippen LogP contribution in [0.1, 0.15) is 6.42 Å². The molecule has 15 heavy (non-hydrogen) atoms. The molecule has 0 heterocycles. The maximum Gasteiger partial charge on any atom is 0.414 e. The van der Waals surface area contributed by atoms with Gasteiger partial charge in [-0.2, -0.15) is 0 Å². The van der Waals surface area contributed by atoms with Crippen molar-refractivity contribution in [2.75, 3.05) is 13.1 Å². The number of carboxylic acid groups (broad SMARTS) is 2. The SMILES string of the molecule is C=CCNCCC(N)=O.O=C(O)C(=O)O. The molecule has 0 aromatic heterocycles. The number of primary amides is 1. The van der Waals surface area contributed by atoms with Crippen LogP contribution in [0.15, 0.2) is 12.7 Å². The number of hydrogen-bond donors (Lipinski definition) is 4. The number of carbonyl (C=O) groups is 3. The maximum absolute atomic E-state index is 10.1. The summed E-state index contributed by atoms with van der Waals surface area (Å²) in [6.07, 6.45) is 2.13. The average molecular weight is 218 g/mol. The van der Waals surface area contributed by atoms with Crippen molar-refractivity contribution in [3.8, 4) is 0 Å². The summed E-state index contributed by atoms with van der Waals surface area (Å²) < 4.78 is 0. The molecule has 1 amide bonds. The molecule has 0 atom stereocenters. The van der Waals surface area contributed by atoms with Crippen molar-refractivity contribution >= 4 is 17.8 Å². The number of aliphatic carboxylic acids is 2. The van der Waals surface area contributed by atoms with E-state index in [1.165, 1.54) is 0 Å². The summed E-state index contributed by atoms with van der Waals surface area (Å²) in [6.45, 7) is 4.87. The molecule has 0 spiro atoms. The number of nitrogens with two attached hydrogens (primary N) is 1. The molecule has 0 aliphatic carbocycles. The minimum absolute atomic E-state index is 0.272. The second-order valence-corrected chi connectivity index (χ2v) is 2.32. The van der Waals surface area contributed by atoms with Crippen molar-refractivity contribution in [1.82, 2.24) is 5.32 Å². The Bertz CT molecular complexity index is 227. The van der Waals surface area contributed by atoms with Gasteiger partial charge in [0, 0.05) is 19.5 Å². The summed E-state index contributed by atoms with van der Waals surface area (Å²) in [5.41, 5.74) is 4.87. The van der Waals surface area contributed by atoms with E-state index in [4.69, 9.17) is 25.5 Å². The van der Waals surface area contributed by atoms with Gasteiger partial charge in [0.05, 0.1) is 0 Å². The Morgan fingerprint density at radius 1 is 1.27 bits per heavy atom. The van der Waals surface area contributed by atoms with Crippen LogP contribution in [0.2, 0.25) is 0 Å². The van der Waals surface area contributed by atoms with E-state index < -0.39 is 11.9 Å². The Hall–Kier alpha value is -1.89. The fraction of sp³-hybridized carbons (Fsp3) is 0.375. The molecule has 0 aromatic carbocycles. The zero-order valence-corrected chi connectivity index (χ0v) is 8.10. The van der Waals surface area contributed by atoms with Gasteiger partial charge in [-0.15, -0.1) is 6.58 Å². The third kappa shape index (κ3) is 18.8. The molecular formula is C8H14N2O5. The summed E-state index contributed by atoms with van der Waals surface area (Å²) in [4.78, 5) is 28.3. The highest BCUT2D eigenvalue weighted by molar-refractivity contribution is 6.27. The summed E-state index contributed by atoms with van der Waals surface area (Å²) in [6, 6.07) is 0. The first-order chi connectivity index (χ1) is 6.91. The molecule has 0 rings (SSSR count). The van der Waals surface area contributed by atoms with Crippen LogP contribution in [0.4, 0.5) is 0 Å². The van der Waals surface area contributed by atoms with Crippen molar-refractivity contribution in [3.05, 3.63) is 12.7 Å². The van der Waals surface area contributed by atoms with E-state index in [0.717, 1.165) is 6.54 Å². The Labute approximate surface area is 86.6 Å². The van der Waals surface area contributed by atoms with E-state index in [1.54, 1.807) is 6.08 Å². The van der Waals surface area contributed by atoms with Crippen LogP contribution < -0.4 is 11.1 Å². The van der Waals surface area contributed by atoms with Crippen molar-refractivity contribution in [2.45, 2.75) is 6.42 Å². The third-order valence-corrected chi connectivity index (χ3v) is 1.02. The second kappa shape index (κ2) is 10.2. The van der Waals surface area contributed by atoms with Gasteiger partial charge in [0.15, 0.2) is 0 Å². The largest absolute Gasteiger partial charge is 0.473 e. The smallest absolute Gasteiger partial charge is 0.414 e. The number of amides is 1. The van der Waals surface area contributed by atoms with Gasteiger partial charge < -0.3 is 21.3 Å². The Balaban J connectivity index is 0. The highest BCUT2D eigenvalue weighted by atomic mass is 16.4. The summed E-state index contributed by atoms with van der Waals surface area (Å²) in [7, 11) is 0. The number of nitrogens with one attached hydrogen (secondary N) is 1. The zero-order chi connectivity index (χ0) is 12.3. The molecule has 0 saturated heterocycles. The lowest BCUT2D eigenvalue weighted by molar-refractivity contribution is -0.159. The van der Waals surface area contributed by atoms with Crippen LogP contribution in [-0.2, 0) is 14.4 Å². The molecule has 0 radical (unpaired) electrons. The van der Waals surface area contributed by atoms with Gasteiger partial charge in [-0.05, 0) is 0 Å². The summed E-state index contributed by atoms with van der Waals surface area (Å²) in [5.74, 6) is -3.92. The summed E-state index contributed by atoms with van der Waals surface area (Å²) in [5, 5.41) is 17.7. The standard InChI is InChI=1S/C6H12N2O.C2H2O4/c1-2-4-8-5-3-6(7)9;3-1(4)2(5)6/h2,8H,1,3-5H2,(H2,7,9);(H,3,4)(H,5,6). The highest BCUT2D eigenvalue weighted by Gasteiger charge is 2.04. The fourth-order valence-corrected chi connectivity index (χ4v) is 0.416. The minimum Gasteiger partial charge on any atom is -0.473 e. The topological polar surface area (TPSA) is 130 Å². The van der Waals surface area contributed by atoms with Crippen molar-refractivity contribution in [3.63, 3.8) is 0 Å². The first-order valence-corrected chi connectivity index (χ1v) is 3.98. The second-order valence-electron chi connectivity index (χ2n) is 2.32. The molecule has 0 aliphatic heterocycles. The van der Waals surface area contributed by atoms with E-state index in [2.05, 4.69) is 11.9 Å². The third-order valence-electron chi connectivity index (χ3n) is 1.02. The van der Waals surface area contributed by atoms with Gasteiger partial charge in [-0.3, -0.25) is 4.79 Å². The molecule has 7 nitrogen and oxygen atoms in total. The average Bonchev–Trinajstić information content (AvgIpc) is 2.13. The van der Waals surface area contributed by atoms with Crippen LogP contribution >= 0.6 is 0 Å². The highest BCUT2D eigenvalue weighted by Crippen LogP contribution is 1.71. The van der Waals surface area contributed by atoms with Crippen LogP contribution in [-0.4, -0.2) is 41.1 Å². The molecule has 0 aliphatic rings. The monoisotopic (exact) mass is 218 g/mol. The van der Waals surface area contributed by atoms with Crippen molar-refractivity contribution in [2.24, 2.45) is 5.73 Å². The number of carboxylic acids is 2. The molecule has 0 aromatic rings. The molecular weight excluding hydrogens is 204 g/mol. The van der Waals surface area contributed by atoms with Crippen LogP contribution in [0.5, 0.6) is 0 Å². The number of carbonyl (C=O) groups excluding carboxylic acids is 1. The first-order valence-electron chi connectivity index (χ1n) is 3.98. The van der Waals surface area contributed by atoms with E-state index in [9.17, 15) is 4.79 Å². The number of hydrogen-bond acceptors (Lipinski definition) is 4. The van der Waals surface area contributed by atoms with Gasteiger partial charge in [0.1, 0.15) is 0 Å². The lowest BCUT2D eigenvalue weighted by atomic mass is 10.4. The Morgan fingerprint density at radius 2 is 1.73 bits per heavy atom. The summed E-state index contributed by atoms with van der Waals surface area (Å²) >= 11 is 0. The normalized spacial score (nSPS) is 8.27. The molecule has 7 heteroatoms. The predicted octanol–water partition coefficient (Wildman–Crippen LogP) is -1.21. The van der Waals surface area contributed by atoms with Crippen molar-refractivity contribution < 1.29 is 24.6 Å². The lowest BCUT2D eigenvalue weighted by Crippen LogP contribution is -2.21. The molecule has 0 bridgehead atoms. The minimum atomic E-state index is -1.82. The van der Waals surface area contributed by atoms with Crippen molar-refractivity contribution in [1.29, 1.82) is 0 Å². The van der Waals surface area contributed by atoms with Crippen LogP contribution in [0.25, 0.3) is 0 Å². The zero-order valence-electron chi connectivity index (χ0n) is 8.10. The van der Waals surface area contributed by atoms with Gasteiger partial charge >= 0.3 is 11.9 Å². The van der Waals surface area contributed by atoms with E-state index in [-0.39, 0.29) is 5.91 Å².